The van der Waals surface area contributed by atoms with Crippen LogP contribution < -0.4 is 4.74 Å². The van der Waals surface area contributed by atoms with Crippen LogP contribution in [0.15, 0.2) is 22.7 Å². The predicted octanol–water partition coefficient (Wildman–Crippen LogP) is 2.29. The van der Waals surface area contributed by atoms with Gasteiger partial charge in [-0.3, -0.25) is 0 Å². The molecule has 0 fully saturated rings. The summed E-state index contributed by atoms with van der Waals surface area (Å²) in [7, 11) is 0. The lowest BCUT2D eigenvalue weighted by atomic mass is 10.2. The molecule has 0 amide bonds. The smallest absolute Gasteiger partial charge is 0.139 e. The number of rotatable bonds is 4. The first-order chi connectivity index (χ1) is 6.29. The van der Waals surface area contributed by atoms with Crippen molar-refractivity contribution in [2.24, 2.45) is 0 Å². The maximum Gasteiger partial charge on any atom is 0.139 e. The molecule has 1 aromatic carbocycles. The van der Waals surface area contributed by atoms with Gasteiger partial charge in [-0.25, -0.2) is 4.39 Å². The van der Waals surface area contributed by atoms with Gasteiger partial charge in [0.2, 0.25) is 0 Å². The van der Waals surface area contributed by atoms with E-state index in [0.717, 1.165) is 4.47 Å². The van der Waals surface area contributed by atoms with E-state index in [0.29, 0.717) is 11.3 Å². The molecule has 72 valence electrons. The number of benzene rings is 1. The second-order valence-corrected chi connectivity index (χ2v) is 3.28. The van der Waals surface area contributed by atoms with E-state index < -0.39 is 6.67 Å². The molecule has 0 saturated heterocycles. The third-order valence-electron chi connectivity index (χ3n) is 1.54. The molecule has 0 atom stereocenters. The van der Waals surface area contributed by atoms with Crippen LogP contribution >= 0.6 is 15.9 Å². The molecule has 0 aliphatic carbocycles. The van der Waals surface area contributed by atoms with Crippen molar-refractivity contribution < 1.29 is 14.2 Å². The third-order valence-corrected chi connectivity index (χ3v) is 2.17. The Labute approximate surface area is 84.5 Å². The number of alkyl halides is 1. The van der Waals surface area contributed by atoms with Crippen LogP contribution in [0.1, 0.15) is 5.56 Å². The zero-order valence-corrected chi connectivity index (χ0v) is 8.55. The molecule has 2 nitrogen and oxygen atoms in total. The van der Waals surface area contributed by atoms with Crippen molar-refractivity contribution >= 4 is 15.9 Å². The number of ether oxygens (including phenoxy) is 1. The van der Waals surface area contributed by atoms with E-state index in [1.807, 2.05) is 0 Å². The standard InChI is InChI=1S/C9H10BrFO2/c10-8-3-1-2-7(6-12)9(8)13-5-4-11/h1-3,12H,4-6H2. The van der Waals surface area contributed by atoms with Crippen molar-refractivity contribution in [3.8, 4) is 5.75 Å². The molecule has 0 heterocycles. The minimum Gasteiger partial charge on any atom is -0.489 e. The van der Waals surface area contributed by atoms with E-state index in [-0.39, 0.29) is 13.2 Å². The summed E-state index contributed by atoms with van der Waals surface area (Å²) in [5, 5.41) is 8.95. The van der Waals surface area contributed by atoms with Gasteiger partial charge in [0.05, 0.1) is 11.1 Å². The molecule has 0 aliphatic heterocycles. The second kappa shape index (κ2) is 5.19. The van der Waals surface area contributed by atoms with Gasteiger partial charge in [-0.15, -0.1) is 0 Å². The molecule has 0 unspecified atom stereocenters. The van der Waals surface area contributed by atoms with Crippen molar-refractivity contribution in [3.63, 3.8) is 0 Å². The predicted molar refractivity (Wildman–Crippen MR) is 51.5 cm³/mol. The van der Waals surface area contributed by atoms with Gasteiger partial charge in [0.25, 0.3) is 0 Å². The molecule has 1 aromatic rings. The minimum absolute atomic E-state index is 0.00954. The summed E-state index contributed by atoms with van der Waals surface area (Å²) in [6.45, 7) is -0.636. The zero-order chi connectivity index (χ0) is 9.68. The van der Waals surface area contributed by atoms with Crippen molar-refractivity contribution in [1.29, 1.82) is 0 Å². The fraction of sp³-hybridized carbons (Fsp3) is 0.333. The Balaban J connectivity index is 2.87. The van der Waals surface area contributed by atoms with Gasteiger partial charge in [-0.1, -0.05) is 12.1 Å². The third kappa shape index (κ3) is 2.67. The summed E-state index contributed by atoms with van der Waals surface area (Å²) in [5.41, 5.74) is 0.655. The Morgan fingerprint density at radius 3 is 2.85 bits per heavy atom. The first-order valence-electron chi connectivity index (χ1n) is 3.86. The molecular weight excluding hydrogens is 239 g/mol. The van der Waals surface area contributed by atoms with Gasteiger partial charge >= 0.3 is 0 Å². The highest BCUT2D eigenvalue weighted by molar-refractivity contribution is 9.10. The van der Waals surface area contributed by atoms with E-state index in [1.54, 1.807) is 18.2 Å². The van der Waals surface area contributed by atoms with Gasteiger partial charge in [-0.05, 0) is 22.0 Å². The molecule has 1 rings (SSSR count). The molecule has 4 heteroatoms. The molecule has 1 N–H and O–H groups in total. The summed E-state index contributed by atoms with van der Waals surface area (Å²) in [6.07, 6.45) is 0. The average Bonchev–Trinajstić information content (AvgIpc) is 2.15. The highest BCUT2D eigenvalue weighted by Gasteiger charge is 2.06. The lowest BCUT2D eigenvalue weighted by Gasteiger charge is -2.09. The zero-order valence-electron chi connectivity index (χ0n) is 6.96. The van der Waals surface area contributed by atoms with Crippen LogP contribution in [0.5, 0.6) is 5.75 Å². The van der Waals surface area contributed by atoms with Crippen molar-refractivity contribution in [3.05, 3.63) is 28.2 Å². The number of hydrogen-bond acceptors (Lipinski definition) is 2. The maximum absolute atomic E-state index is 11.8. The van der Waals surface area contributed by atoms with E-state index >= 15 is 0 Å². The van der Waals surface area contributed by atoms with Crippen LogP contribution in [0.4, 0.5) is 4.39 Å². The summed E-state index contributed by atoms with van der Waals surface area (Å²) < 4.78 is 17.7. The lowest BCUT2D eigenvalue weighted by Crippen LogP contribution is -2.02. The highest BCUT2D eigenvalue weighted by Crippen LogP contribution is 2.28. The minimum atomic E-state index is -0.536. The molecule has 0 aliphatic rings. The van der Waals surface area contributed by atoms with Crippen molar-refractivity contribution in [2.45, 2.75) is 6.61 Å². The fourth-order valence-electron chi connectivity index (χ4n) is 0.980. The number of halogens is 2. The summed E-state index contributed by atoms with van der Waals surface area (Å²) in [6, 6.07) is 5.31. The lowest BCUT2D eigenvalue weighted by molar-refractivity contribution is 0.247. The Kier molecular flexibility index (Phi) is 4.18. The molecule has 0 spiro atoms. The van der Waals surface area contributed by atoms with Gasteiger partial charge in [0, 0.05) is 5.56 Å². The summed E-state index contributed by atoms with van der Waals surface area (Å²) in [4.78, 5) is 0. The van der Waals surface area contributed by atoms with Crippen LogP contribution in [0.2, 0.25) is 0 Å². The first kappa shape index (κ1) is 10.5. The van der Waals surface area contributed by atoms with Crippen molar-refractivity contribution in [1.82, 2.24) is 0 Å². The maximum atomic E-state index is 11.8. The normalized spacial score (nSPS) is 10.1. The Morgan fingerprint density at radius 2 is 2.23 bits per heavy atom. The number of hydrogen-bond donors (Lipinski definition) is 1. The molecule has 0 aromatic heterocycles. The van der Waals surface area contributed by atoms with E-state index in [4.69, 9.17) is 9.84 Å². The van der Waals surface area contributed by atoms with Crippen LogP contribution in [0.25, 0.3) is 0 Å². The quantitative estimate of drug-likeness (QED) is 0.887. The van der Waals surface area contributed by atoms with Gasteiger partial charge in [-0.2, -0.15) is 0 Å². The first-order valence-corrected chi connectivity index (χ1v) is 4.66. The van der Waals surface area contributed by atoms with Gasteiger partial charge in [0.1, 0.15) is 19.0 Å². The summed E-state index contributed by atoms with van der Waals surface area (Å²) in [5.74, 6) is 0.516. The molecule has 0 radical (unpaired) electrons. The van der Waals surface area contributed by atoms with Crippen molar-refractivity contribution in [2.75, 3.05) is 13.3 Å². The summed E-state index contributed by atoms with van der Waals surface area (Å²) >= 11 is 3.26. The number of para-hydroxylation sites is 1. The van der Waals surface area contributed by atoms with E-state index in [1.165, 1.54) is 0 Å². The fourth-order valence-corrected chi connectivity index (χ4v) is 1.50. The van der Waals surface area contributed by atoms with Crippen LogP contribution in [-0.4, -0.2) is 18.4 Å². The molecule has 13 heavy (non-hydrogen) atoms. The molecule has 0 bridgehead atoms. The van der Waals surface area contributed by atoms with E-state index in [9.17, 15) is 4.39 Å². The Hall–Kier alpha value is -0.610. The second-order valence-electron chi connectivity index (χ2n) is 2.42. The Bertz CT molecular complexity index is 278. The molecular formula is C9H10BrFO2. The highest BCUT2D eigenvalue weighted by atomic mass is 79.9. The number of aliphatic hydroxyl groups excluding tert-OH is 1. The van der Waals surface area contributed by atoms with E-state index in [2.05, 4.69) is 15.9 Å². The Morgan fingerprint density at radius 1 is 1.46 bits per heavy atom. The topological polar surface area (TPSA) is 29.5 Å². The SMILES string of the molecule is OCc1cccc(Br)c1OCCF. The van der Waals surface area contributed by atoms with Gasteiger partial charge in [0.15, 0.2) is 0 Å². The van der Waals surface area contributed by atoms with Crippen LogP contribution in [0, 0.1) is 0 Å². The monoisotopic (exact) mass is 248 g/mol. The van der Waals surface area contributed by atoms with Gasteiger partial charge < -0.3 is 9.84 Å². The average molecular weight is 249 g/mol. The largest absolute Gasteiger partial charge is 0.489 e. The van der Waals surface area contributed by atoms with Crippen LogP contribution in [-0.2, 0) is 6.61 Å². The van der Waals surface area contributed by atoms with Crippen LogP contribution in [0.3, 0.4) is 0 Å². The number of aliphatic hydroxyl groups is 1. The molecule has 0 saturated carbocycles.